The van der Waals surface area contributed by atoms with E-state index in [1.807, 2.05) is 13.8 Å². The Labute approximate surface area is 189 Å². The number of nitrogens with zero attached hydrogens (tertiary/aromatic N) is 1. The largest absolute Gasteiger partial charge is 0.480 e. The van der Waals surface area contributed by atoms with Crippen molar-refractivity contribution in [3.8, 4) is 0 Å². The van der Waals surface area contributed by atoms with Crippen LogP contribution in [0.3, 0.4) is 0 Å². The highest BCUT2D eigenvalue weighted by Crippen LogP contribution is 2.07. The number of guanidine groups is 1. The highest BCUT2D eigenvalue weighted by atomic mass is 16.4. The Hall–Kier alpha value is -2.89. The summed E-state index contributed by atoms with van der Waals surface area (Å²) in [5, 5.41) is 16.8. The number of carboxylic acids is 1. The van der Waals surface area contributed by atoms with Gasteiger partial charge in [0.1, 0.15) is 18.1 Å². The summed E-state index contributed by atoms with van der Waals surface area (Å²) in [4.78, 5) is 52.6. The molecule has 0 radical (unpaired) electrons. The van der Waals surface area contributed by atoms with Gasteiger partial charge in [-0.15, -0.1) is 0 Å². The van der Waals surface area contributed by atoms with Crippen molar-refractivity contribution in [1.29, 1.82) is 0 Å². The summed E-state index contributed by atoms with van der Waals surface area (Å²) in [7, 11) is 0. The first-order valence-corrected chi connectivity index (χ1v) is 10.7. The Kier molecular flexibility index (Phi) is 12.9. The first kappa shape index (κ1) is 29.1. The Morgan fingerprint density at radius 3 is 1.97 bits per heavy atom. The summed E-state index contributed by atoms with van der Waals surface area (Å²) in [5.41, 5.74) is 16.4. The Bertz CT molecular complexity index is 677. The Morgan fingerprint density at radius 1 is 0.906 bits per heavy atom. The lowest BCUT2D eigenvalue weighted by atomic mass is 10.0. The van der Waals surface area contributed by atoms with E-state index in [1.165, 1.54) is 6.92 Å². The van der Waals surface area contributed by atoms with Gasteiger partial charge in [0.15, 0.2) is 5.96 Å². The molecule has 0 aliphatic carbocycles. The highest BCUT2D eigenvalue weighted by Gasteiger charge is 2.29. The van der Waals surface area contributed by atoms with Crippen LogP contribution in [-0.4, -0.2) is 65.5 Å². The fourth-order valence-corrected chi connectivity index (χ4v) is 2.80. The molecule has 4 atom stereocenters. The number of nitrogens with one attached hydrogen (secondary N) is 3. The minimum atomic E-state index is -1.16. The van der Waals surface area contributed by atoms with Crippen LogP contribution in [0, 0.1) is 11.8 Å². The smallest absolute Gasteiger partial charge is 0.326 e. The van der Waals surface area contributed by atoms with E-state index in [0.717, 1.165) is 0 Å². The van der Waals surface area contributed by atoms with Gasteiger partial charge < -0.3 is 38.3 Å². The number of amides is 3. The third kappa shape index (κ3) is 11.5. The van der Waals surface area contributed by atoms with Gasteiger partial charge in [0.05, 0.1) is 6.04 Å². The van der Waals surface area contributed by atoms with Gasteiger partial charge in [0, 0.05) is 6.54 Å². The molecule has 0 aliphatic rings. The van der Waals surface area contributed by atoms with Crippen LogP contribution in [-0.2, 0) is 19.2 Å². The predicted octanol–water partition coefficient (Wildman–Crippen LogP) is -1.37. The maximum absolute atomic E-state index is 12.7. The maximum atomic E-state index is 12.7. The molecule has 0 bridgehead atoms. The molecule has 0 aromatic carbocycles. The van der Waals surface area contributed by atoms with Gasteiger partial charge in [-0.1, -0.05) is 27.7 Å². The maximum Gasteiger partial charge on any atom is 0.326 e. The molecule has 0 heterocycles. The van der Waals surface area contributed by atoms with Crippen molar-refractivity contribution in [3.63, 3.8) is 0 Å². The fourth-order valence-electron chi connectivity index (χ4n) is 2.80. The molecular weight excluding hydrogens is 418 g/mol. The standard InChI is InChI=1S/C20H39N7O5/c1-10(2)9-14(26-17(29)13(21)7-6-8-24-20(22)23)18(30)25-12(5)16(28)27-15(11(3)4)19(31)32/h10-15H,6-9,21H2,1-5H3,(H,25,30)(H,26,29)(H,27,28)(H,31,32)(H4,22,23,24). The van der Waals surface area contributed by atoms with E-state index in [2.05, 4.69) is 20.9 Å². The number of hydrogen-bond donors (Lipinski definition) is 7. The zero-order chi connectivity index (χ0) is 25.0. The lowest BCUT2D eigenvalue weighted by Gasteiger charge is -2.25. The average molecular weight is 458 g/mol. The summed E-state index contributed by atoms with van der Waals surface area (Å²) in [6.45, 7) is 8.87. The Balaban J connectivity index is 4.99. The minimum absolute atomic E-state index is 0.0436. The van der Waals surface area contributed by atoms with Crippen LogP contribution in [0.5, 0.6) is 0 Å². The van der Waals surface area contributed by atoms with Gasteiger partial charge in [-0.3, -0.25) is 19.4 Å². The van der Waals surface area contributed by atoms with E-state index >= 15 is 0 Å². The molecule has 0 fully saturated rings. The average Bonchev–Trinajstić information content (AvgIpc) is 2.67. The van der Waals surface area contributed by atoms with Crippen LogP contribution < -0.4 is 33.2 Å². The van der Waals surface area contributed by atoms with Crippen molar-refractivity contribution < 1.29 is 24.3 Å². The zero-order valence-corrected chi connectivity index (χ0v) is 19.6. The first-order valence-electron chi connectivity index (χ1n) is 10.7. The molecule has 0 aromatic heterocycles. The molecular formula is C20H39N7O5. The number of hydrogen-bond acceptors (Lipinski definition) is 6. The van der Waals surface area contributed by atoms with Crippen molar-refractivity contribution in [2.75, 3.05) is 6.54 Å². The molecule has 3 amide bonds. The summed E-state index contributed by atoms with van der Waals surface area (Å²) in [6.07, 6.45) is 1.14. The van der Waals surface area contributed by atoms with Crippen molar-refractivity contribution in [1.82, 2.24) is 16.0 Å². The second-order valence-corrected chi connectivity index (χ2v) is 8.54. The number of carboxylic acid groups (broad SMARTS) is 1. The summed E-state index contributed by atoms with van der Waals surface area (Å²) >= 11 is 0. The number of aliphatic imine (C=N–C) groups is 1. The number of nitrogens with two attached hydrogens (primary N) is 3. The van der Waals surface area contributed by atoms with Crippen molar-refractivity contribution >= 4 is 29.7 Å². The van der Waals surface area contributed by atoms with Crippen LogP contribution in [0.15, 0.2) is 4.99 Å². The van der Waals surface area contributed by atoms with Crippen LogP contribution in [0.4, 0.5) is 0 Å². The van der Waals surface area contributed by atoms with E-state index in [-0.39, 0.29) is 17.8 Å². The molecule has 4 unspecified atom stereocenters. The van der Waals surface area contributed by atoms with Gasteiger partial charge in [-0.05, 0) is 38.0 Å². The second kappa shape index (κ2) is 14.2. The number of rotatable bonds is 14. The normalized spacial score (nSPS) is 14.8. The van der Waals surface area contributed by atoms with Crippen molar-refractivity contribution in [2.24, 2.45) is 34.0 Å². The van der Waals surface area contributed by atoms with Crippen LogP contribution >= 0.6 is 0 Å². The molecule has 32 heavy (non-hydrogen) atoms. The van der Waals surface area contributed by atoms with E-state index in [4.69, 9.17) is 17.2 Å². The fraction of sp³-hybridized carbons (Fsp3) is 0.750. The lowest BCUT2D eigenvalue weighted by molar-refractivity contribution is -0.143. The second-order valence-electron chi connectivity index (χ2n) is 8.54. The zero-order valence-electron chi connectivity index (χ0n) is 19.6. The molecule has 0 rings (SSSR count). The molecule has 0 aromatic rings. The third-order valence-corrected chi connectivity index (χ3v) is 4.63. The van der Waals surface area contributed by atoms with Crippen molar-refractivity contribution in [2.45, 2.75) is 78.0 Å². The molecule has 184 valence electrons. The number of aliphatic carboxylic acids is 1. The minimum Gasteiger partial charge on any atom is -0.480 e. The lowest BCUT2D eigenvalue weighted by Crippen LogP contribution is -2.57. The highest BCUT2D eigenvalue weighted by molar-refractivity contribution is 5.93. The first-order chi connectivity index (χ1) is 14.8. The molecule has 0 spiro atoms. The number of carbonyl (C=O) groups is 4. The topological polar surface area (TPSA) is 215 Å². The van der Waals surface area contributed by atoms with Gasteiger partial charge in [0.25, 0.3) is 0 Å². The molecule has 0 saturated carbocycles. The monoisotopic (exact) mass is 457 g/mol. The van der Waals surface area contributed by atoms with Crippen LogP contribution in [0.2, 0.25) is 0 Å². The Morgan fingerprint density at radius 2 is 1.50 bits per heavy atom. The van der Waals surface area contributed by atoms with Gasteiger partial charge >= 0.3 is 5.97 Å². The van der Waals surface area contributed by atoms with Crippen LogP contribution in [0.1, 0.15) is 53.9 Å². The summed E-state index contributed by atoms with van der Waals surface area (Å²) in [6, 6.07) is -3.83. The quantitative estimate of drug-likeness (QED) is 0.0935. The van der Waals surface area contributed by atoms with E-state index < -0.39 is 47.9 Å². The molecule has 12 nitrogen and oxygen atoms in total. The van der Waals surface area contributed by atoms with Crippen molar-refractivity contribution in [3.05, 3.63) is 0 Å². The number of carbonyl (C=O) groups excluding carboxylic acids is 3. The summed E-state index contributed by atoms with van der Waals surface area (Å²) in [5.74, 6) is -3.15. The molecule has 0 aliphatic heterocycles. The van der Waals surface area contributed by atoms with Gasteiger partial charge in [-0.25, -0.2) is 4.79 Å². The molecule has 0 saturated heterocycles. The SMILES string of the molecule is CC(C)CC(NC(=O)C(N)CCCN=C(N)N)C(=O)NC(C)C(=O)NC(C(=O)O)C(C)C. The van der Waals surface area contributed by atoms with E-state index in [0.29, 0.717) is 25.8 Å². The molecule has 12 heteroatoms. The van der Waals surface area contributed by atoms with Gasteiger partial charge in [-0.2, -0.15) is 0 Å². The van der Waals surface area contributed by atoms with E-state index in [9.17, 15) is 24.3 Å². The van der Waals surface area contributed by atoms with Crippen LogP contribution in [0.25, 0.3) is 0 Å². The third-order valence-electron chi connectivity index (χ3n) is 4.63. The predicted molar refractivity (Wildman–Crippen MR) is 121 cm³/mol. The molecule has 10 N–H and O–H groups in total. The van der Waals surface area contributed by atoms with Gasteiger partial charge in [0.2, 0.25) is 17.7 Å². The summed E-state index contributed by atoms with van der Waals surface area (Å²) < 4.78 is 0. The van der Waals surface area contributed by atoms with E-state index in [1.54, 1.807) is 13.8 Å².